The average Bonchev–Trinajstić information content (AvgIpc) is 2.37. The second-order valence-electron chi connectivity index (χ2n) is 4.09. The number of carboxylic acid groups (broad SMARTS) is 1. The molecule has 1 aromatic rings. The van der Waals surface area contributed by atoms with Gasteiger partial charge in [0, 0.05) is 0 Å². The van der Waals surface area contributed by atoms with Gasteiger partial charge in [0.25, 0.3) is 0 Å². The number of carbonyl (C=O) groups is 2. The quantitative estimate of drug-likeness (QED) is 0.787. The molecule has 0 aliphatic rings. The first kappa shape index (κ1) is 14.2. The zero-order chi connectivity index (χ0) is 13.6. The molecule has 0 heterocycles. The Morgan fingerprint density at radius 1 is 1.22 bits per heavy atom. The number of hydrogen-bond acceptors (Lipinski definition) is 3. The maximum atomic E-state index is 12.1. The van der Waals surface area contributed by atoms with Crippen LogP contribution in [0, 0.1) is 0 Å². The van der Waals surface area contributed by atoms with E-state index >= 15 is 0 Å². The van der Waals surface area contributed by atoms with Crippen molar-refractivity contribution >= 4 is 11.9 Å². The molecule has 0 amide bonds. The molecule has 0 fully saturated rings. The molecule has 0 bridgehead atoms. The summed E-state index contributed by atoms with van der Waals surface area (Å²) in [5.41, 5.74) is -0.406. The Labute approximate surface area is 107 Å². The molecule has 1 aromatic carbocycles. The van der Waals surface area contributed by atoms with Gasteiger partial charge in [-0.05, 0) is 18.9 Å². The van der Waals surface area contributed by atoms with Crippen LogP contribution in [-0.2, 0) is 19.7 Å². The number of aliphatic carboxylic acids is 1. The summed E-state index contributed by atoms with van der Waals surface area (Å²) in [5, 5.41) is 9.05. The van der Waals surface area contributed by atoms with Gasteiger partial charge >= 0.3 is 11.9 Å². The Balaban J connectivity index is 3.22. The van der Waals surface area contributed by atoms with Crippen LogP contribution in [0.15, 0.2) is 30.3 Å². The molecule has 1 N–H and O–H groups in total. The lowest BCUT2D eigenvalue weighted by Crippen LogP contribution is -2.39. The van der Waals surface area contributed by atoms with E-state index in [0.29, 0.717) is 12.0 Å². The Kier molecular flexibility index (Phi) is 4.89. The molecule has 0 aliphatic heterocycles. The van der Waals surface area contributed by atoms with Gasteiger partial charge in [0.05, 0.1) is 13.0 Å². The Hall–Kier alpha value is -1.84. The first-order valence-electron chi connectivity index (χ1n) is 6.01. The molecule has 0 aromatic heterocycles. The number of carbonyl (C=O) groups excluding carboxylic acids is 1. The van der Waals surface area contributed by atoms with E-state index in [1.165, 1.54) is 0 Å². The van der Waals surface area contributed by atoms with Crippen LogP contribution in [0.4, 0.5) is 0 Å². The average molecular weight is 250 g/mol. The lowest BCUT2D eigenvalue weighted by Gasteiger charge is -2.29. The molecule has 1 rings (SSSR count). The van der Waals surface area contributed by atoms with Gasteiger partial charge in [-0.2, -0.15) is 0 Å². The highest BCUT2D eigenvalue weighted by molar-refractivity contribution is 5.88. The van der Waals surface area contributed by atoms with Crippen molar-refractivity contribution in [3.8, 4) is 0 Å². The molecule has 0 spiro atoms. The molecular weight excluding hydrogens is 232 g/mol. The Bertz CT molecular complexity index is 413. The Morgan fingerprint density at radius 2 is 1.83 bits per heavy atom. The molecule has 1 atom stereocenters. The molecular formula is C14H18O4. The predicted molar refractivity (Wildman–Crippen MR) is 67.3 cm³/mol. The van der Waals surface area contributed by atoms with Crippen LogP contribution in [-0.4, -0.2) is 23.7 Å². The van der Waals surface area contributed by atoms with Gasteiger partial charge in [-0.15, -0.1) is 0 Å². The minimum absolute atomic E-state index is 0.243. The fourth-order valence-electron chi connectivity index (χ4n) is 2.05. The maximum absolute atomic E-state index is 12.1. The second-order valence-corrected chi connectivity index (χ2v) is 4.09. The largest absolute Gasteiger partial charge is 0.481 e. The topological polar surface area (TPSA) is 63.6 Å². The predicted octanol–water partition coefficient (Wildman–Crippen LogP) is 2.37. The molecule has 1 unspecified atom stereocenters. The highest BCUT2D eigenvalue weighted by atomic mass is 16.5. The third kappa shape index (κ3) is 2.88. The van der Waals surface area contributed by atoms with Crippen molar-refractivity contribution in [2.75, 3.05) is 6.61 Å². The smallest absolute Gasteiger partial charge is 0.317 e. The van der Waals surface area contributed by atoms with Crippen LogP contribution in [0.1, 0.15) is 32.3 Å². The van der Waals surface area contributed by atoms with Crippen LogP contribution >= 0.6 is 0 Å². The zero-order valence-corrected chi connectivity index (χ0v) is 10.7. The van der Waals surface area contributed by atoms with Crippen molar-refractivity contribution in [1.29, 1.82) is 0 Å². The maximum Gasteiger partial charge on any atom is 0.317 e. The van der Waals surface area contributed by atoms with Gasteiger partial charge in [0.1, 0.15) is 5.41 Å². The molecule has 0 aliphatic carbocycles. The van der Waals surface area contributed by atoms with Gasteiger partial charge in [-0.3, -0.25) is 9.59 Å². The summed E-state index contributed by atoms with van der Waals surface area (Å²) < 4.78 is 5.05. The lowest BCUT2D eigenvalue weighted by atomic mass is 9.75. The van der Waals surface area contributed by atoms with Crippen molar-refractivity contribution in [3.63, 3.8) is 0 Å². The van der Waals surface area contributed by atoms with E-state index in [1.807, 2.05) is 6.07 Å². The van der Waals surface area contributed by atoms with Crippen LogP contribution < -0.4 is 0 Å². The van der Waals surface area contributed by atoms with Crippen LogP contribution in [0.3, 0.4) is 0 Å². The van der Waals surface area contributed by atoms with E-state index in [1.54, 1.807) is 38.1 Å². The van der Waals surface area contributed by atoms with E-state index < -0.39 is 17.4 Å². The highest BCUT2D eigenvalue weighted by Gasteiger charge is 2.42. The molecule has 4 nitrogen and oxygen atoms in total. The van der Waals surface area contributed by atoms with Crippen molar-refractivity contribution in [3.05, 3.63) is 35.9 Å². The monoisotopic (exact) mass is 250 g/mol. The number of esters is 1. The van der Waals surface area contributed by atoms with Crippen LogP contribution in [0.2, 0.25) is 0 Å². The minimum Gasteiger partial charge on any atom is -0.481 e. The normalized spacial score (nSPS) is 13.7. The summed E-state index contributed by atoms with van der Waals surface area (Å²) in [5.74, 6) is -1.48. The van der Waals surface area contributed by atoms with Crippen molar-refractivity contribution in [1.82, 2.24) is 0 Å². The minimum atomic E-state index is -1.09. The Morgan fingerprint density at radius 3 is 2.28 bits per heavy atom. The van der Waals surface area contributed by atoms with Crippen molar-refractivity contribution in [2.45, 2.75) is 32.1 Å². The SMILES string of the molecule is CCOC(=O)C(CC)(CC(=O)O)c1ccccc1. The van der Waals surface area contributed by atoms with E-state index in [4.69, 9.17) is 9.84 Å². The first-order valence-corrected chi connectivity index (χ1v) is 6.01. The molecule has 98 valence electrons. The third-order valence-corrected chi connectivity index (χ3v) is 3.05. The fourth-order valence-corrected chi connectivity index (χ4v) is 2.05. The summed E-state index contributed by atoms with van der Waals surface area (Å²) >= 11 is 0. The molecule has 0 radical (unpaired) electrons. The van der Waals surface area contributed by atoms with Crippen molar-refractivity contribution < 1.29 is 19.4 Å². The molecule has 0 saturated heterocycles. The number of hydrogen-bond donors (Lipinski definition) is 1. The lowest BCUT2D eigenvalue weighted by molar-refractivity contribution is -0.155. The highest BCUT2D eigenvalue weighted by Crippen LogP contribution is 2.33. The van der Waals surface area contributed by atoms with E-state index in [2.05, 4.69) is 0 Å². The van der Waals surface area contributed by atoms with Gasteiger partial charge < -0.3 is 9.84 Å². The molecule has 0 saturated carbocycles. The summed E-state index contributed by atoms with van der Waals surface area (Å²) in [7, 11) is 0. The van der Waals surface area contributed by atoms with Gasteiger partial charge in [0.15, 0.2) is 0 Å². The van der Waals surface area contributed by atoms with E-state index in [0.717, 1.165) is 0 Å². The number of ether oxygens (including phenoxy) is 1. The first-order chi connectivity index (χ1) is 8.56. The summed E-state index contributed by atoms with van der Waals surface area (Å²) in [6.45, 7) is 3.75. The number of rotatable bonds is 6. The van der Waals surface area contributed by atoms with E-state index in [-0.39, 0.29) is 13.0 Å². The molecule has 18 heavy (non-hydrogen) atoms. The number of benzene rings is 1. The van der Waals surface area contributed by atoms with Crippen LogP contribution in [0.25, 0.3) is 0 Å². The van der Waals surface area contributed by atoms with E-state index in [9.17, 15) is 9.59 Å². The van der Waals surface area contributed by atoms with Gasteiger partial charge in [-0.25, -0.2) is 0 Å². The number of carboxylic acids is 1. The standard InChI is InChI=1S/C14H18O4/c1-3-14(10-12(15)16,13(17)18-4-2)11-8-6-5-7-9-11/h5-9H,3-4,10H2,1-2H3,(H,15,16). The van der Waals surface area contributed by atoms with Gasteiger partial charge in [0.2, 0.25) is 0 Å². The van der Waals surface area contributed by atoms with Gasteiger partial charge in [-0.1, -0.05) is 37.3 Å². The zero-order valence-electron chi connectivity index (χ0n) is 10.7. The summed E-state index contributed by atoms with van der Waals surface area (Å²) in [4.78, 5) is 23.2. The van der Waals surface area contributed by atoms with Crippen molar-refractivity contribution in [2.24, 2.45) is 0 Å². The second kappa shape index (κ2) is 6.19. The molecule has 4 heteroatoms. The fraction of sp³-hybridized carbons (Fsp3) is 0.429. The summed E-state index contributed by atoms with van der Waals surface area (Å²) in [6, 6.07) is 8.95. The van der Waals surface area contributed by atoms with Crippen LogP contribution in [0.5, 0.6) is 0 Å². The summed E-state index contributed by atoms with van der Waals surface area (Å²) in [6.07, 6.45) is 0.133. The third-order valence-electron chi connectivity index (χ3n) is 3.05.